The van der Waals surface area contributed by atoms with E-state index in [1.54, 1.807) is 12.1 Å². The number of benzene rings is 1. The number of carbonyl (C=O) groups excluding carboxylic acids is 1. The molecule has 1 aliphatic rings. The van der Waals surface area contributed by atoms with E-state index in [9.17, 15) is 4.79 Å². The van der Waals surface area contributed by atoms with E-state index in [1.165, 1.54) is 0 Å². The molecule has 0 bridgehead atoms. The van der Waals surface area contributed by atoms with Crippen LogP contribution >= 0.6 is 0 Å². The number of ether oxygens (including phenoxy) is 1. The monoisotopic (exact) mass is 311 g/mol. The third-order valence-corrected chi connectivity index (χ3v) is 3.84. The third kappa shape index (κ3) is 4.23. The Morgan fingerprint density at radius 2 is 1.87 bits per heavy atom. The molecule has 1 fully saturated rings. The first-order valence-corrected chi connectivity index (χ1v) is 7.71. The van der Waals surface area contributed by atoms with Crippen molar-refractivity contribution in [1.82, 2.24) is 0 Å². The number of rotatable bonds is 3. The normalized spacial score (nSPS) is 17.7. The molecule has 0 saturated carbocycles. The average Bonchev–Trinajstić information content (AvgIpc) is 2.97. The highest BCUT2D eigenvalue weighted by atomic mass is 16.6. The zero-order chi connectivity index (χ0) is 17.0. The van der Waals surface area contributed by atoms with Crippen LogP contribution in [0.4, 0.5) is 5.69 Å². The molecule has 1 aliphatic heterocycles. The topological polar surface area (TPSA) is 77.1 Å². The minimum absolute atomic E-state index is 0.0792. The Kier molecular flexibility index (Phi) is 4.91. The fourth-order valence-corrected chi connectivity index (χ4v) is 2.68. The van der Waals surface area contributed by atoms with Crippen molar-refractivity contribution in [2.45, 2.75) is 32.8 Å². The second kappa shape index (κ2) is 6.71. The van der Waals surface area contributed by atoms with Gasteiger partial charge in [0.1, 0.15) is 11.5 Å². The average molecular weight is 311 g/mol. The lowest BCUT2D eigenvalue weighted by Gasteiger charge is -2.21. The van der Waals surface area contributed by atoms with Crippen molar-refractivity contribution < 1.29 is 9.53 Å². The summed E-state index contributed by atoms with van der Waals surface area (Å²) in [7, 11) is 0. The minimum atomic E-state index is -0.555. The highest BCUT2D eigenvalue weighted by Gasteiger charge is 2.29. The van der Waals surface area contributed by atoms with Crippen LogP contribution in [0.2, 0.25) is 0 Å². The molecule has 23 heavy (non-hydrogen) atoms. The van der Waals surface area contributed by atoms with Gasteiger partial charge in [0.25, 0.3) is 0 Å². The summed E-state index contributed by atoms with van der Waals surface area (Å²) in [6, 6.07) is 11.4. The fraction of sp³-hybridized carbons (Fsp3) is 0.500. The van der Waals surface area contributed by atoms with E-state index >= 15 is 0 Å². The van der Waals surface area contributed by atoms with Gasteiger partial charge in [-0.25, -0.2) is 4.79 Å². The van der Waals surface area contributed by atoms with Gasteiger partial charge in [-0.2, -0.15) is 10.5 Å². The minimum Gasteiger partial charge on any atom is -0.456 e. The van der Waals surface area contributed by atoms with Gasteiger partial charge in [-0.15, -0.1) is 0 Å². The number of esters is 1. The first-order valence-electron chi connectivity index (χ1n) is 7.71. The van der Waals surface area contributed by atoms with Crippen LogP contribution in [0.1, 0.15) is 37.6 Å². The van der Waals surface area contributed by atoms with Crippen molar-refractivity contribution in [2.24, 2.45) is 11.8 Å². The summed E-state index contributed by atoms with van der Waals surface area (Å²) in [5.74, 6) is -0.811. The number of hydrogen-bond acceptors (Lipinski definition) is 5. The zero-order valence-corrected chi connectivity index (χ0v) is 13.7. The maximum absolute atomic E-state index is 12.0. The van der Waals surface area contributed by atoms with Crippen molar-refractivity contribution in [2.75, 3.05) is 18.0 Å². The molecule has 0 aromatic heterocycles. The molecule has 0 amide bonds. The molecule has 0 spiro atoms. The quantitative estimate of drug-likeness (QED) is 0.801. The predicted octanol–water partition coefficient (Wildman–Crippen LogP) is 3.13. The van der Waals surface area contributed by atoms with Crippen LogP contribution in [0.15, 0.2) is 24.3 Å². The van der Waals surface area contributed by atoms with Crippen molar-refractivity contribution in [3.63, 3.8) is 0 Å². The second-order valence-electron chi connectivity index (χ2n) is 6.78. The lowest BCUT2D eigenvalue weighted by atomic mass is 9.94. The van der Waals surface area contributed by atoms with Gasteiger partial charge in [0, 0.05) is 24.7 Å². The molecule has 5 nitrogen and oxygen atoms in total. The molecule has 5 heteroatoms. The molecule has 0 N–H and O–H groups in total. The SMILES string of the molecule is CC(C)(C)OC(=O)c1ccc(N2CCC(C(C#N)C#N)C2)cc1. The Morgan fingerprint density at radius 1 is 1.26 bits per heavy atom. The molecule has 1 unspecified atom stereocenters. The van der Waals surface area contributed by atoms with Crippen LogP contribution < -0.4 is 4.90 Å². The molecule has 1 atom stereocenters. The van der Waals surface area contributed by atoms with E-state index in [1.807, 2.05) is 32.9 Å². The van der Waals surface area contributed by atoms with Gasteiger partial charge < -0.3 is 9.64 Å². The summed E-state index contributed by atoms with van der Waals surface area (Å²) in [6.45, 7) is 7.02. The van der Waals surface area contributed by atoms with Crippen molar-refractivity contribution in [3.8, 4) is 12.1 Å². The lowest BCUT2D eigenvalue weighted by Crippen LogP contribution is -2.24. The summed E-state index contributed by atoms with van der Waals surface area (Å²) < 4.78 is 5.34. The van der Waals surface area contributed by atoms with Crippen LogP contribution in [0.5, 0.6) is 0 Å². The standard InChI is InChI=1S/C18H21N3O2/c1-18(2,3)23-17(22)13-4-6-16(7-5-13)21-9-8-14(12-21)15(10-19)11-20/h4-7,14-15H,8-9,12H2,1-3H3. The highest BCUT2D eigenvalue weighted by Crippen LogP contribution is 2.28. The molecule has 2 rings (SSSR count). The summed E-state index contributed by atoms with van der Waals surface area (Å²) >= 11 is 0. The summed E-state index contributed by atoms with van der Waals surface area (Å²) in [5.41, 5.74) is 1.00. The Bertz CT molecular complexity index is 633. The maximum atomic E-state index is 12.0. The number of anilines is 1. The van der Waals surface area contributed by atoms with Gasteiger partial charge in [0.2, 0.25) is 0 Å². The van der Waals surface area contributed by atoms with E-state index < -0.39 is 11.5 Å². The molecule has 0 aliphatic carbocycles. The van der Waals surface area contributed by atoms with Crippen LogP contribution in [0.25, 0.3) is 0 Å². The van der Waals surface area contributed by atoms with Gasteiger partial charge in [0.15, 0.2) is 0 Å². The predicted molar refractivity (Wildman–Crippen MR) is 86.6 cm³/mol. The summed E-state index contributed by atoms with van der Waals surface area (Å²) in [4.78, 5) is 14.1. The molecule has 1 aromatic carbocycles. The Labute approximate surface area is 137 Å². The van der Waals surface area contributed by atoms with E-state index in [2.05, 4.69) is 17.0 Å². The van der Waals surface area contributed by atoms with Gasteiger partial charge in [-0.05, 0) is 51.5 Å². The lowest BCUT2D eigenvalue weighted by molar-refractivity contribution is 0.00696. The molecule has 1 aromatic rings. The van der Waals surface area contributed by atoms with E-state index in [0.717, 1.165) is 18.7 Å². The molecular weight excluding hydrogens is 290 g/mol. The first kappa shape index (κ1) is 16.8. The fourth-order valence-electron chi connectivity index (χ4n) is 2.68. The molecule has 1 saturated heterocycles. The molecule has 0 radical (unpaired) electrons. The molecule has 120 valence electrons. The number of hydrogen-bond donors (Lipinski definition) is 0. The van der Waals surface area contributed by atoms with Gasteiger partial charge in [-0.1, -0.05) is 0 Å². The second-order valence-corrected chi connectivity index (χ2v) is 6.78. The van der Waals surface area contributed by atoms with E-state index in [-0.39, 0.29) is 11.9 Å². The van der Waals surface area contributed by atoms with Crippen LogP contribution in [-0.2, 0) is 4.74 Å². The van der Waals surface area contributed by atoms with Crippen LogP contribution in [0, 0.1) is 34.5 Å². The van der Waals surface area contributed by atoms with Gasteiger partial charge in [-0.3, -0.25) is 0 Å². The van der Waals surface area contributed by atoms with E-state index in [4.69, 9.17) is 15.3 Å². The van der Waals surface area contributed by atoms with Crippen molar-refractivity contribution in [3.05, 3.63) is 29.8 Å². The van der Waals surface area contributed by atoms with Crippen LogP contribution in [0.3, 0.4) is 0 Å². The summed E-state index contributed by atoms with van der Waals surface area (Å²) in [6.07, 6.45) is 0.833. The largest absolute Gasteiger partial charge is 0.456 e. The van der Waals surface area contributed by atoms with Gasteiger partial charge in [0.05, 0.1) is 17.7 Å². The number of carbonyl (C=O) groups is 1. The zero-order valence-electron chi connectivity index (χ0n) is 13.7. The highest BCUT2D eigenvalue weighted by molar-refractivity contribution is 5.90. The smallest absolute Gasteiger partial charge is 0.338 e. The Hall–Kier alpha value is -2.53. The van der Waals surface area contributed by atoms with Crippen molar-refractivity contribution in [1.29, 1.82) is 10.5 Å². The van der Waals surface area contributed by atoms with Gasteiger partial charge >= 0.3 is 5.97 Å². The third-order valence-electron chi connectivity index (χ3n) is 3.84. The number of nitriles is 2. The first-order chi connectivity index (χ1) is 10.8. The van der Waals surface area contributed by atoms with Crippen LogP contribution in [-0.4, -0.2) is 24.7 Å². The Balaban J connectivity index is 2.03. The Morgan fingerprint density at radius 3 is 2.39 bits per heavy atom. The molecular formula is C18H21N3O2. The summed E-state index contributed by atoms with van der Waals surface area (Å²) in [5, 5.41) is 18.0. The van der Waals surface area contributed by atoms with Crippen molar-refractivity contribution >= 4 is 11.7 Å². The maximum Gasteiger partial charge on any atom is 0.338 e. The molecule has 1 heterocycles. The number of nitrogens with zero attached hydrogens (tertiary/aromatic N) is 3. The van der Waals surface area contributed by atoms with E-state index in [0.29, 0.717) is 12.1 Å².